The van der Waals surface area contributed by atoms with Gasteiger partial charge in [0.15, 0.2) is 0 Å². The molecule has 364 valence electrons. The first-order chi connectivity index (χ1) is 30.5. The van der Waals surface area contributed by atoms with Crippen molar-refractivity contribution in [3.05, 3.63) is 24.3 Å². The van der Waals surface area contributed by atoms with Crippen molar-refractivity contribution in [1.82, 2.24) is 10.6 Å². The van der Waals surface area contributed by atoms with Crippen LogP contribution in [0.3, 0.4) is 0 Å². The number of unbranched alkanes of at least 4 members (excludes halogenated alkanes) is 35. The highest BCUT2D eigenvalue weighted by atomic mass is 16.5. The van der Waals surface area contributed by atoms with E-state index in [0.29, 0.717) is 32.4 Å². The summed E-state index contributed by atoms with van der Waals surface area (Å²) >= 11 is 0. The van der Waals surface area contributed by atoms with Crippen molar-refractivity contribution in [3.8, 4) is 0 Å². The van der Waals surface area contributed by atoms with Gasteiger partial charge in [-0.1, -0.05) is 218 Å². The first kappa shape index (κ1) is 59.9. The van der Waals surface area contributed by atoms with Gasteiger partial charge in [-0.15, -0.1) is 0 Å². The quantitative estimate of drug-likeness (QED) is 0.0362. The summed E-state index contributed by atoms with van der Waals surface area (Å²) < 4.78 is 5.26. The Kier molecular flexibility index (Phi) is 49.8. The van der Waals surface area contributed by atoms with E-state index < -0.39 is 6.04 Å². The monoisotopic (exact) mass is 871 g/mol. The van der Waals surface area contributed by atoms with Crippen molar-refractivity contribution < 1.29 is 19.1 Å². The highest BCUT2D eigenvalue weighted by Crippen LogP contribution is 2.16. The Morgan fingerprint density at radius 2 is 0.710 bits per heavy atom. The van der Waals surface area contributed by atoms with Crippen LogP contribution in [0.15, 0.2) is 24.3 Å². The smallest absolute Gasteiger partial charge is 0.328 e. The highest BCUT2D eigenvalue weighted by molar-refractivity contribution is 5.84. The maximum absolute atomic E-state index is 12.7. The van der Waals surface area contributed by atoms with E-state index in [2.05, 4.69) is 48.8 Å². The number of carbonyl (C=O) groups is 3. The molecule has 0 aliphatic heterocycles. The fourth-order valence-corrected chi connectivity index (χ4v) is 8.38. The minimum atomic E-state index is -0.610. The number of amides is 2. The molecule has 62 heavy (non-hydrogen) atoms. The Hall–Kier alpha value is -2.11. The van der Waals surface area contributed by atoms with Gasteiger partial charge >= 0.3 is 5.97 Å². The van der Waals surface area contributed by atoms with Gasteiger partial charge in [0.05, 0.1) is 6.61 Å². The lowest BCUT2D eigenvalue weighted by Crippen LogP contribution is -2.41. The molecule has 0 aromatic heterocycles. The molecule has 2 amide bonds. The normalized spacial score (nSPS) is 12.1. The predicted molar refractivity (Wildman–Crippen MR) is 270 cm³/mol. The minimum absolute atomic E-state index is 0.0623. The van der Waals surface area contributed by atoms with Crippen LogP contribution < -0.4 is 10.6 Å². The van der Waals surface area contributed by atoms with E-state index in [-0.39, 0.29) is 17.8 Å². The second kappa shape index (κ2) is 51.5. The standard InChI is InChI=1S/C56H106N2O4/c1-4-7-9-11-13-15-17-19-21-23-25-27-29-31-33-35-37-39-41-43-45-50-54(59)57-52-48-47-49-53(56(61)62-6-3)58-55(60)51-46-44-42-40-38-36-34-32-30-28-26-24-22-20-18-16-14-12-10-8-5-2/h19-22,53H,4-18,23-52H2,1-3H3,(H,57,59)(H,58,60)/b21-19-,22-20-. The second-order valence-electron chi connectivity index (χ2n) is 18.6. The summed E-state index contributed by atoms with van der Waals surface area (Å²) in [6.07, 6.45) is 62.1. The van der Waals surface area contributed by atoms with Crippen LogP contribution in [0.1, 0.15) is 297 Å². The third kappa shape index (κ3) is 47.4. The summed E-state index contributed by atoms with van der Waals surface area (Å²) in [6, 6.07) is -0.610. The summed E-state index contributed by atoms with van der Waals surface area (Å²) in [7, 11) is 0. The third-order valence-electron chi connectivity index (χ3n) is 12.5. The number of hydrogen-bond donors (Lipinski definition) is 2. The van der Waals surface area contributed by atoms with E-state index in [4.69, 9.17) is 4.74 Å². The van der Waals surface area contributed by atoms with Crippen molar-refractivity contribution in [3.63, 3.8) is 0 Å². The average molecular weight is 871 g/mol. The van der Waals surface area contributed by atoms with Gasteiger partial charge in [-0.3, -0.25) is 9.59 Å². The summed E-state index contributed by atoms with van der Waals surface area (Å²) in [5.74, 6) is -0.294. The largest absolute Gasteiger partial charge is 0.464 e. The van der Waals surface area contributed by atoms with Crippen LogP contribution in [-0.2, 0) is 19.1 Å². The molecule has 0 heterocycles. The maximum Gasteiger partial charge on any atom is 0.328 e. The highest BCUT2D eigenvalue weighted by Gasteiger charge is 2.21. The van der Waals surface area contributed by atoms with Gasteiger partial charge in [0.1, 0.15) is 6.04 Å². The Morgan fingerprint density at radius 1 is 0.387 bits per heavy atom. The van der Waals surface area contributed by atoms with E-state index in [0.717, 1.165) is 38.5 Å². The molecule has 0 saturated heterocycles. The number of ether oxygens (including phenoxy) is 1. The van der Waals surface area contributed by atoms with Crippen LogP contribution in [-0.4, -0.2) is 37.0 Å². The molecule has 0 saturated carbocycles. The molecule has 2 N–H and O–H groups in total. The lowest BCUT2D eigenvalue weighted by molar-refractivity contribution is -0.147. The number of hydrogen-bond acceptors (Lipinski definition) is 4. The van der Waals surface area contributed by atoms with Gasteiger partial charge in [0.25, 0.3) is 0 Å². The molecule has 0 bridgehead atoms. The summed E-state index contributed by atoms with van der Waals surface area (Å²) in [5.41, 5.74) is 0. The molecule has 1 atom stereocenters. The molecule has 0 radical (unpaired) electrons. The van der Waals surface area contributed by atoms with Gasteiger partial charge in [-0.05, 0) is 90.4 Å². The molecule has 0 aliphatic rings. The number of rotatable bonds is 50. The van der Waals surface area contributed by atoms with Crippen LogP contribution in [0, 0.1) is 0 Å². The van der Waals surface area contributed by atoms with Crippen molar-refractivity contribution in [2.45, 2.75) is 303 Å². The molecule has 0 rings (SSSR count). The Balaban J connectivity index is 3.69. The Morgan fingerprint density at radius 3 is 1.06 bits per heavy atom. The number of allylic oxidation sites excluding steroid dienone is 4. The van der Waals surface area contributed by atoms with E-state index >= 15 is 0 Å². The number of nitrogens with one attached hydrogen (secondary N) is 2. The van der Waals surface area contributed by atoms with E-state index in [1.165, 1.54) is 218 Å². The molecule has 0 aromatic rings. The molecule has 6 nitrogen and oxygen atoms in total. The van der Waals surface area contributed by atoms with E-state index in [1.807, 2.05) is 0 Å². The van der Waals surface area contributed by atoms with Crippen molar-refractivity contribution in [1.29, 1.82) is 0 Å². The fourth-order valence-electron chi connectivity index (χ4n) is 8.38. The summed E-state index contributed by atoms with van der Waals surface area (Å²) in [6.45, 7) is 7.26. The molecule has 0 fully saturated rings. The Bertz CT molecular complexity index is 1010. The summed E-state index contributed by atoms with van der Waals surface area (Å²) in [5, 5.41) is 5.98. The number of esters is 1. The molecule has 0 aliphatic carbocycles. The minimum Gasteiger partial charge on any atom is -0.464 e. The average Bonchev–Trinajstić information content (AvgIpc) is 3.27. The van der Waals surface area contributed by atoms with Crippen LogP contribution >= 0.6 is 0 Å². The zero-order valence-corrected chi connectivity index (χ0v) is 41.8. The van der Waals surface area contributed by atoms with Gasteiger partial charge in [0, 0.05) is 19.4 Å². The van der Waals surface area contributed by atoms with E-state index in [1.54, 1.807) is 6.92 Å². The van der Waals surface area contributed by atoms with Crippen LogP contribution in [0.2, 0.25) is 0 Å². The van der Waals surface area contributed by atoms with Gasteiger partial charge in [-0.25, -0.2) is 4.79 Å². The third-order valence-corrected chi connectivity index (χ3v) is 12.5. The van der Waals surface area contributed by atoms with Crippen LogP contribution in [0.5, 0.6) is 0 Å². The number of carbonyl (C=O) groups excluding carboxylic acids is 3. The maximum atomic E-state index is 12.7. The zero-order valence-electron chi connectivity index (χ0n) is 41.8. The first-order valence-corrected chi connectivity index (χ1v) is 27.6. The predicted octanol–water partition coefficient (Wildman–Crippen LogP) is 17.1. The van der Waals surface area contributed by atoms with Crippen molar-refractivity contribution >= 4 is 17.8 Å². The lowest BCUT2D eigenvalue weighted by atomic mass is 10.0. The molecular weight excluding hydrogens is 765 g/mol. The van der Waals surface area contributed by atoms with Crippen molar-refractivity contribution in [2.75, 3.05) is 13.2 Å². The van der Waals surface area contributed by atoms with Gasteiger partial charge < -0.3 is 15.4 Å². The zero-order chi connectivity index (χ0) is 45.1. The first-order valence-electron chi connectivity index (χ1n) is 27.6. The van der Waals surface area contributed by atoms with Gasteiger partial charge in [-0.2, -0.15) is 0 Å². The van der Waals surface area contributed by atoms with Crippen LogP contribution in [0.25, 0.3) is 0 Å². The molecule has 0 aromatic carbocycles. The lowest BCUT2D eigenvalue weighted by Gasteiger charge is -2.17. The molecule has 6 heteroatoms. The second-order valence-corrected chi connectivity index (χ2v) is 18.6. The summed E-state index contributed by atoms with van der Waals surface area (Å²) in [4.78, 5) is 37.6. The van der Waals surface area contributed by atoms with Gasteiger partial charge in [0.2, 0.25) is 11.8 Å². The Labute approximate surface area is 386 Å². The van der Waals surface area contributed by atoms with Crippen LogP contribution in [0.4, 0.5) is 0 Å². The molecular formula is C56H106N2O4. The SMILES string of the molecule is CCCCCCCC/C=C\CCCCCCCCCCCCCC(=O)NCCCCC(NC(=O)CCCCCCCCCCCCC/C=C\CCCCCCCC)C(=O)OCC. The molecule has 1 unspecified atom stereocenters. The molecule has 0 spiro atoms. The fraction of sp³-hybridized carbons (Fsp3) is 0.875. The van der Waals surface area contributed by atoms with E-state index in [9.17, 15) is 14.4 Å². The van der Waals surface area contributed by atoms with Crippen molar-refractivity contribution in [2.24, 2.45) is 0 Å². The topological polar surface area (TPSA) is 84.5 Å².